The molecule has 0 aromatic carbocycles. The Hall–Kier alpha value is -1.01. The molecule has 1 aromatic heterocycles. The van der Waals surface area contributed by atoms with Crippen LogP contribution >= 0.6 is 10.7 Å². The first-order chi connectivity index (χ1) is 9.52. The van der Waals surface area contributed by atoms with Crippen molar-refractivity contribution < 1.29 is 13.2 Å². The largest absolute Gasteiger partial charge is 0.345 e. The maximum atomic E-state index is 12.6. The molecule has 1 amide bonds. The van der Waals surface area contributed by atoms with E-state index < -0.39 is 9.05 Å². The SMILES string of the molecule is CC(C)CN(CC(C)C)C(=O)c1cc(S(=O)(=O)Cl)cn1C. The van der Waals surface area contributed by atoms with Crippen LogP contribution in [-0.2, 0) is 16.1 Å². The molecule has 1 rings (SSSR count). The number of hydrogen-bond acceptors (Lipinski definition) is 3. The molecule has 0 radical (unpaired) electrons. The number of amides is 1. The van der Waals surface area contributed by atoms with Gasteiger partial charge in [0, 0.05) is 37.0 Å². The van der Waals surface area contributed by atoms with Crippen molar-refractivity contribution in [2.45, 2.75) is 32.6 Å². The van der Waals surface area contributed by atoms with Gasteiger partial charge in [0.2, 0.25) is 0 Å². The van der Waals surface area contributed by atoms with Gasteiger partial charge in [-0.05, 0) is 17.9 Å². The summed E-state index contributed by atoms with van der Waals surface area (Å²) < 4.78 is 24.3. The normalized spacial score (nSPS) is 12.2. The van der Waals surface area contributed by atoms with E-state index in [4.69, 9.17) is 10.7 Å². The van der Waals surface area contributed by atoms with Gasteiger partial charge in [-0.3, -0.25) is 4.79 Å². The van der Waals surface area contributed by atoms with Crippen LogP contribution in [0.2, 0.25) is 0 Å². The van der Waals surface area contributed by atoms with E-state index in [1.165, 1.54) is 16.8 Å². The lowest BCUT2D eigenvalue weighted by Crippen LogP contribution is -2.37. The Kier molecular flexibility index (Phi) is 5.87. The van der Waals surface area contributed by atoms with Gasteiger partial charge in [0.1, 0.15) is 10.6 Å². The van der Waals surface area contributed by atoms with Crippen molar-refractivity contribution in [1.29, 1.82) is 0 Å². The third-order valence-corrected chi connectivity index (χ3v) is 4.26. The fraction of sp³-hybridized carbons (Fsp3) is 0.643. The van der Waals surface area contributed by atoms with Crippen molar-refractivity contribution >= 4 is 25.6 Å². The molecule has 0 unspecified atom stereocenters. The highest BCUT2D eigenvalue weighted by molar-refractivity contribution is 8.13. The summed E-state index contributed by atoms with van der Waals surface area (Å²) in [5, 5.41) is 0. The van der Waals surface area contributed by atoms with E-state index in [-0.39, 0.29) is 10.8 Å². The lowest BCUT2D eigenvalue weighted by Gasteiger charge is -2.26. The highest BCUT2D eigenvalue weighted by Crippen LogP contribution is 2.19. The number of carbonyl (C=O) groups excluding carboxylic acids is 1. The van der Waals surface area contributed by atoms with Gasteiger partial charge in [-0.2, -0.15) is 0 Å². The van der Waals surface area contributed by atoms with Crippen LogP contribution in [0.25, 0.3) is 0 Å². The molecular formula is C14H23ClN2O3S. The van der Waals surface area contributed by atoms with Gasteiger partial charge in [0.25, 0.3) is 15.0 Å². The first-order valence-corrected chi connectivity index (χ1v) is 9.23. The second-order valence-corrected chi connectivity index (χ2v) is 8.67. The molecule has 0 atom stereocenters. The van der Waals surface area contributed by atoms with E-state index in [0.717, 1.165) is 0 Å². The van der Waals surface area contributed by atoms with E-state index in [1.54, 1.807) is 11.9 Å². The number of nitrogens with zero attached hydrogens (tertiary/aromatic N) is 2. The van der Waals surface area contributed by atoms with Gasteiger partial charge < -0.3 is 9.47 Å². The summed E-state index contributed by atoms with van der Waals surface area (Å²) in [6.45, 7) is 9.43. The van der Waals surface area contributed by atoms with Gasteiger partial charge >= 0.3 is 0 Å². The summed E-state index contributed by atoms with van der Waals surface area (Å²) in [6.07, 6.45) is 1.36. The molecule has 0 saturated heterocycles. The molecular weight excluding hydrogens is 312 g/mol. The maximum Gasteiger partial charge on any atom is 0.270 e. The van der Waals surface area contributed by atoms with Crippen LogP contribution in [0.4, 0.5) is 0 Å². The minimum Gasteiger partial charge on any atom is -0.345 e. The lowest BCUT2D eigenvalue weighted by atomic mass is 10.1. The standard InChI is InChI=1S/C14H23ClN2O3S/c1-10(2)7-17(8-11(3)4)14(18)13-6-12(9-16(13)5)21(15,19)20/h6,9-11H,7-8H2,1-5H3. The van der Waals surface area contributed by atoms with Crippen LogP contribution in [0.1, 0.15) is 38.2 Å². The Morgan fingerprint density at radius 3 is 2.05 bits per heavy atom. The quantitative estimate of drug-likeness (QED) is 0.751. The summed E-state index contributed by atoms with van der Waals surface area (Å²) in [4.78, 5) is 14.4. The average Bonchev–Trinajstić information content (AvgIpc) is 2.68. The lowest BCUT2D eigenvalue weighted by molar-refractivity contribution is 0.0705. The highest BCUT2D eigenvalue weighted by atomic mass is 35.7. The number of carbonyl (C=O) groups is 1. The Balaban J connectivity index is 3.11. The van der Waals surface area contributed by atoms with Crippen LogP contribution < -0.4 is 0 Å². The fourth-order valence-corrected chi connectivity index (χ4v) is 2.95. The molecule has 0 fully saturated rings. The predicted molar refractivity (Wildman–Crippen MR) is 84.0 cm³/mol. The monoisotopic (exact) mass is 334 g/mol. The van der Waals surface area contributed by atoms with E-state index >= 15 is 0 Å². The van der Waals surface area contributed by atoms with Crippen LogP contribution in [0, 0.1) is 11.8 Å². The molecule has 0 aliphatic rings. The number of aromatic nitrogens is 1. The number of hydrogen-bond donors (Lipinski definition) is 0. The van der Waals surface area contributed by atoms with Gasteiger partial charge in [-0.1, -0.05) is 27.7 Å². The van der Waals surface area contributed by atoms with Crippen molar-refractivity contribution in [3.05, 3.63) is 18.0 Å². The average molecular weight is 335 g/mol. The van der Waals surface area contributed by atoms with Crippen LogP contribution in [0.5, 0.6) is 0 Å². The van der Waals surface area contributed by atoms with Gasteiger partial charge in [0.15, 0.2) is 0 Å². The summed E-state index contributed by atoms with van der Waals surface area (Å²) in [6, 6.07) is 1.33. The molecule has 0 aliphatic heterocycles. The number of aryl methyl sites for hydroxylation is 1. The second-order valence-electron chi connectivity index (χ2n) is 6.11. The zero-order valence-electron chi connectivity index (χ0n) is 13.1. The molecule has 0 aliphatic carbocycles. The molecule has 1 heterocycles. The summed E-state index contributed by atoms with van der Waals surface area (Å²) >= 11 is 0. The van der Waals surface area contributed by atoms with Gasteiger partial charge in [0.05, 0.1) is 0 Å². The Morgan fingerprint density at radius 2 is 1.71 bits per heavy atom. The summed E-state index contributed by atoms with van der Waals surface area (Å²) in [7, 11) is 3.14. The van der Waals surface area contributed by atoms with Gasteiger partial charge in [-0.15, -0.1) is 0 Å². The predicted octanol–water partition coefficient (Wildman–Crippen LogP) is 2.71. The maximum absolute atomic E-state index is 12.6. The molecule has 7 heteroatoms. The smallest absolute Gasteiger partial charge is 0.270 e. The van der Waals surface area contributed by atoms with E-state index in [9.17, 15) is 13.2 Å². The van der Waals surface area contributed by atoms with E-state index in [0.29, 0.717) is 30.6 Å². The van der Waals surface area contributed by atoms with Crippen molar-refractivity contribution in [2.75, 3.05) is 13.1 Å². The molecule has 120 valence electrons. The Bertz CT molecular complexity index is 596. The van der Waals surface area contributed by atoms with Crippen molar-refractivity contribution in [2.24, 2.45) is 18.9 Å². The minimum absolute atomic E-state index is 0.0518. The number of rotatable bonds is 6. The summed E-state index contributed by atoms with van der Waals surface area (Å²) in [5.74, 6) is 0.500. The highest BCUT2D eigenvalue weighted by Gasteiger charge is 2.23. The van der Waals surface area contributed by atoms with Crippen molar-refractivity contribution in [3.63, 3.8) is 0 Å². The fourth-order valence-electron chi connectivity index (χ4n) is 2.16. The molecule has 0 saturated carbocycles. The van der Waals surface area contributed by atoms with Crippen molar-refractivity contribution in [3.8, 4) is 0 Å². The molecule has 0 bridgehead atoms. The van der Waals surface area contributed by atoms with E-state index in [1.807, 2.05) is 27.7 Å². The van der Waals surface area contributed by atoms with Gasteiger partial charge in [-0.25, -0.2) is 8.42 Å². The first kappa shape index (κ1) is 18.0. The zero-order valence-corrected chi connectivity index (χ0v) is 14.7. The topological polar surface area (TPSA) is 59.4 Å². The second kappa shape index (κ2) is 6.83. The Morgan fingerprint density at radius 1 is 1.24 bits per heavy atom. The van der Waals surface area contributed by atoms with Crippen LogP contribution in [0.3, 0.4) is 0 Å². The minimum atomic E-state index is -3.83. The van der Waals surface area contributed by atoms with Crippen LogP contribution in [0.15, 0.2) is 17.2 Å². The van der Waals surface area contributed by atoms with Crippen molar-refractivity contribution in [1.82, 2.24) is 9.47 Å². The Labute approximate surface area is 131 Å². The third-order valence-electron chi connectivity index (χ3n) is 2.94. The number of halogens is 1. The van der Waals surface area contributed by atoms with E-state index in [2.05, 4.69) is 0 Å². The van der Waals surface area contributed by atoms with Crippen LogP contribution in [-0.4, -0.2) is 36.9 Å². The third kappa shape index (κ3) is 5.04. The molecule has 0 N–H and O–H groups in total. The summed E-state index contributed by atoms with van der Waals surface area (Å²) in [5.41, 5.74) is 0.329. The molecule has 5 nitrogen and oxygen atoms in total. The molecule has 0 spiro atoms. The first-order valence-electron chi connectivity index (χ1n) is 6.92. The zero-order chi connectivity index (χ0) is 16.4. The molecule has 1 aromatic rings. The molecule has 21 heavy (non-hydrogen) atoms.